The van der Waals surface area contributed by atoms with E-state index in [1.165, 1.54) is 4.90 Å². The molecule has 16 heavy (non-hydrogen) atoms. The van der Waals surface area contributed by atoms with Gasteiger partial charge in [0.1, 0.15) is 0 Å². The smallest absolute Gasteiger partial charge is 0.451 e. The largest absolute Gasteiger partial charge is 0.495 e. The van der Waals surface area contributed by atoms with E-state index < -0.39 is 12.0 Å². The predicted octanol–water partition coefficient (Wildman–Crippen LogP) is 1.14. The Kier molecular flexibility index (Phi) is 2.28. The van der Waals surface area contributed by atoms with Crippen LogP contribution in [-0.4, -0.2) is 31.3 Å². The number of aliphatic hydroxyl groups excluding tert-OH is 1. The molecule has 1 aliphatic heterocycles. The lowest BCUT2D eigenvalue weighted by Crippen LogP contribution is -2.34. The van der Waals surface area contributed by atoms with Crippen LogP contribution in [0.5, 0.6) is 0 Å². The molecule has 0 spiro atoms. The van der Waals surface area contributed by atoms with Crippen molar-refractivity contribution in [2.75, 3.05) is 6.54 Å². The molecule has 2 rings (SSSR count). The van der Waals surface area contributed by atoms with Crippen LogP contribution in [0.3, 0.4) is 0 Å². The highest BCUT2D eigenvalue weighted by molar-refractivity contribution is 5.03. The number of aliphatic hydroxyl groups is 1. The van der Waals surface area contributed by atoms with Crippen LogP contribution in [0.4, 0.5) is 13.2 Å². The molecule has 5 nitrogen and oxygen atoms in total. The molecule has 2 heterocycles. The number of nitrogens with zero attached hydrogens (tertiary/aromatic N) is 4. The van der Waals surface area contributed by atoms with Crippen molar-refractivity contribution in [3.63, 3.8) is 0 Å². The highest BCUT2D eigenvalue weighted by Crippen LogP contribution is 2.29. The number of aromatic nitrogens is 3. The summed E-state index contributed by atoms with van der Waals surface area (Å²) >= 11 is 0. The molecule has 1 aliphatic rings. The fourth-order valence-electron chi connectivity index (χ4n) is 1.59. The molecule has 8 heteroatoms. The molecule has 0 radical (unpaired) electrons. The first-order valence-corrected chi connectivity index (χ1v) is 4.51. The second-order valence-electron chi connectivity index (χ2n) is 3.43. The first-order chi connectivity index (χ1) is 7.39. The van der Waals surface area contributed by atoms with Gasteiger partial charge in [-0.2, -0.15) is 13.2 Å². The van der Waals surface area contributed by atoms with Crippen LogP contribution in [0.1, 0.15) is 11.6 Å². The molecule has 0 saturated heterocycles. The molecule has 1 aromatic rings. The molecule has 0 fully saturated rings. The molecule has 0 saturated carbocycles. The van der Waals surface area contributed by atoms with Gasteiger partial charge in [-0.3, -0.25) is 0 Å². The van der Waals surface area contributed by atoms with Crippen molar-refractivity contribution in [1.29, 1.82) is 0 Å². The maximum Gasteiger partial charge on any atom is 0.451 e. The van der Waals surface area contributed by atoms with Gasteiger partial charge in [-0.25, -0.2) is 0 Å². The molecule has 88 valence electrons. The fraction of sp³-hybridized carbons (Fsp3) is 0.500. The predicted molar refractivity (Wildman–Crippen MR) is 47.2 cm³/mol. The normalized spacial score (nSPS) is 16.1. The Balaban J connectivity index is 2.31. The molecule has 0 atom stereocenters. The summed E-state index contributed by atoms with van der Waals surface area (Å²) in [4.78, 5) is 1.43. The lowest BCUT2D eigenvalue weighted by atomic mass is 10.3. The Labute approximate surface area is 88.8 Å². The van der Waals surface area contributed by atoms with Gasteiger partial charge in [-0.1, -0.05) is 0 Å². The molecule has 1 N–H and O–H groups in total. The van der Waals surface area contributed by atoms with Crippen LogP contribution in [-0.2, 0) is 19.3 Å². The van der Waals surface area contributed by atoms with Crippen LogP contribution in [0, 0.1) is 0 Å². The Bertz CT molecular complexity index is 425. The van der Waals surface area contributed by atoms with Gasteiger partial charge in [0, 0.05) is 13.1 Å². The van der Waals surface area contributed by atoms with Crippen molar-refractivity contribution >= 4 is 0 Å². The Hall–Kier alpha value is -1.73. The van der Waals surface area contributed by atoms with Crippen LogP contribution in [0.15, 0.2) is 12.5 Å². The average Bonchev–Trinajstić information content (AvgIpc) is 2.58. The van der Waals surface area contributed by atoms with Crippen LogP contribution < -0.4 is 0 Å². The second-order valence-corrected chi connectivity index (χ2v) is 3.43. The summed E-state index contributed by atoms with van der Waals surface area (Å²) in [6, 6.07) is 0. The van der Waals surface area contributed by atoms with Crippen LogP contribution in [0.25, 0.3) is 0 Å². The van der Waals surface area contributed by atoms with Crippen molar-refractivity contribution in [1.82, 2.24) is 19.7 Å². The molecular formula is C8H9F3N4O. The Morgan fingerprint density at radius 3 is 2.56 bits per heavy atom. The van der Waals surface area contributed by atoms with E-state index in [4.69, 9.17) is 5.11 Å². The van der Waals surface area contributed by atoms with Crippen molar-refractivity contribution in [3.8, 4) is 0 Å². The minimum Gasteiger partial charge on any atom is -0.495 e. The number of hydrogen-bond donors (Lipinski definition) is 1. The quantitative estimate of drug-likeness (QED) is 0.740. The topological polar surface area (TPSA) is 54.2 Å². The Morgan fingerprint density at radius 2 is 2.00 bits per heavy atom. The van der Waals surface area contributed by atoms with Gasteiger partial charge in [0.25, 0.3) is 0 Å². The van der Waals surface area contributed by atoms with Crippen molar-refractivity contribution in [3.05, 3.63) is 24.1 Å². The van der Waals surface area contributed by atoms with Crippen molar-refractivity contribution < 1.29 is 18.3 Å². The molecule has 0 unspecified atom stereocenters. The van der Waals surface area contributed by atoms with E-state index in [0.717, 1.165) is 4.57 Å². The molecule has 0 aliphatic carbocycles. The van der Waals surface area contributed by atoms with E-state index in [9.17, 15) is 13.2 Å². The zero-order chi connectivity index (χ0) is 11.9. The summed E-state index contributed by atoms with van der Waals surface area (Å²) in [5, 5.41) is 15.7. The van der Waals surface area contributed by atoms with Crippen molar-refractivity contribution in [2.24, 2.45) is 0 Å². The van der Waals surface area contributed by atoms with Gasteiger partial charge < -0.3 is 14.6 Å². The number of rotatable bonds is 1. The van der Waals surface area contributed by atoms with Crippen LogP contribution >= 0.6 is 0 Å². The summed E-state index contributed by atoms with van der Waals surface area (Å²) < 4.78 is 38.4. The number of halogens is 3. The summed E-state index contributed by atoms with van der Waals surface area (Å²) in [5.41, 5.74) is 0. The SMILES string of the molecule is C=C(O)N1CCn2c(nnc2C(F)(F)F)C1. The third kappa shape index (κ3) is 1.70. The van der Waals surface area contributed by atoms with E-state index in [0.29, 0.717) is 0 Å². The number of hydrogen-bond acceptors (Lipinski definition) is 4. The standard InChI is InChI=1S/C8H9F3N4O/c1-5(16)14-2-3-15-6(4-14)12-13-7(15)8(9,10)11/h16H,1-4H2. The monoisotopic (exact) mass is 234 g/mol. The van der Waals surface area contributed by atoms with Gasteiger partial charge >= 0.3 is 6.18 Å². The lowest BCUT2D eigenvalue weighted by molar-refractivity contribution is -0.148. The molecule has 0 bridgehead atoms. The summed E-state index contributed by atoms with van der Waals surface area (Å²) in [7, 11) is 0. The van der Waals surface area contributed by atoms with Crippen molar-refractivity contribution in [2.45, 2.75) is 19.3 Å². The lowest BCUT2D eigenvalue weighted by Gasteiger charge is -2.28. The first-order valence-electron chi connectivity index (χ1n) is 4.51. The molecule has 1 aromatic heterocycles. The highest BCUT2D eigenvalue weighted by Gasteiger charge is 2.39. The zero-order valence-electron chi connectivity index (χ0n) is 8.20. The summed E-state index contributed by atoms with van der Waals surface area (Å²) in [6.45, 7) is 3.72. The van der Waals surface area contributed by atoms with Gasteiger partial charge in [0.05, 0.1) is 6.54 Å². The van der Waals surface area contributed by atoms with E-state index in [1.807, 2.05) is 0 Å². The van der Waals surface area contributed by atoms with E-state index in [2.05, 4.69) is 16.8 Å². The van der Waals surface area contributed by atoms with Crippen LogP contribution in [0.2, 0.25) is 0 Å². The second kappa shape index (κ2) is 3.39. The van der Waals surface area contributed by atoms with Gasteiger partial charge in [0.2, 0.25) is 5.82 Å². The third-order valence-corrected chi connectivity index (χ3v) is 2.37. The van der Waals surface area contributed by atoms with E-state index in [1.54, 1.807) is 0 Å². The van der Waals surface area contributed by atoms with E-state index >= 15 is 0 Å². The van der Waals surface area contributed by atoms with Gasteiger partial charge in [0.15, 0.2) is 11.7 Å². The maximum atomic E-state index is 12.5. The van der Waals surface area contributed by atoms with Gasteiger partial charge in [-0.15, -0.1) is 10.2 Å². The summed E-state index contributed by atoms with van der Waals surface area (Å²) in [6.07, 6.45) is -4.50. The Morgan fingerprint density at radius 1 is 1.31 bits per heavy atom. The summed E-state index contributed by atoms with van der Waals surface area (Å²) in [5.74, 6) is -0.998. The van der Waals surface area contributed by atoms with Gasteiger partial charge in [-0.05, 0) is 6.58 Å². The zero-order valence-corrected chi connectivity index (χ0v) is 8.20. The minimum atomic E-state index is -4.50. The fourth-order valence-corrected chi connectivity index (χ4v) is 1.59. The average molecular weight is 234 g/mol. The molecule has 0 aromatic carbocycles. The number of fused-ring (bicyclic) bond motifs is 1. The first kappa shape index (κ1) is 10.8. The van der Waals surface area contributed by atoms with E-state index in [-0.39, 0.29) is 31.3 Å². The molecular weight excluding hydrogens is 225 g/mol. The third-order valence-electron chi connectivity index (χ3n) is 2.37. The highest BCUT2D eigenvalue weighted by atomic mass is 19.4. The maximum absolute atomic E-state index is 12.5. The number of alkyl halides is 3. The minimum absolute atomic E-state index is 0.0801. The molecule has 0 amide bonds.